The first-order valence-electron chi connectivity index (χ1n) is 11.3. The quantitative estimate of drug-likeness (QED) is 0.469. The zero-order valence-electron chi connectivity index (χ0n) is 18.3. The molecule has 5 nitrogen and oxygen atoms in total. The minimum absolute atomic E-state index is 0.0623. The Morgan fingerprint density at radius 2 is 1.94 bits per heavy atom. The summed E-state index contributed by atoms with van der Waals surface area (Å²) in [5.41, 5.74) is 7.53. The van der Waals surface area contributed by atoms with Crippen molar-refractivity contribution in [2.45, 2.75) is 32.2 Å². The number of hydrogen-bond donors (Lipinski definition) is 0. The van der Waals surface area contributed by atoms with Crippen LogP contribution in [0.25, 0.3) is 34.0 Å². The summed E-state index contributed by atoms with van der Waals surface area (Å²) in [6, 6.07) is 13.9. The molecule has 7 rings (SSSR count). The van der Waals surface area contributed by atoms with Crippen molar-refractivity contribution in [2.75, 3.05) is 13.1 Å². The summed E-state index contributed by atoms with van der Waals surface area (Å²) in [7, 11) is 0. The lowest BCUT2D eigenvalue weighted by Gasteiger charge is -2.27. The zero-order chi connectivity index (χ0) is 21.8. The van der Waals surface area contributed by atoms with E-state index >= 15 is 0 Å². The second-order valence-electron chi connectivity index (χ2n) is 9.01. The van der Waals surface area contributed by atoms with E-state index in [1.165, 1.54) is 42.6 Å². The van der Waals surface area contributed by atoms with Gasteiger partial charge in [-0.3, -0.25) is 19.2 Å². The topological polar surface area (TPSA) is 43.1 Å². The first kappa shape index (κ1) is 19.3. The van der Waals surface area contributed by atoms with Crippen molar-refractivity contribution in [3.63, 3.8) is 0 Å². The highest BCUT2D eigenvalue weighted by Crippen LogP contribution is 2.41. The van der Waals surface area contributed by atoms with Crippen LogP contribution in [0, 0.1) is 6.92 Å². The standard InChI is InChI=1S/C27H26N4O/c1-3-30-25-15-21(5-6-22(25)23-17-29-11-8-19(9-12-29)27(23)30)31-13-10-20(14-26(31)32)24-7-4-18(2)16-28-24/h3-7,10,13-16,19H,1,8-9,11-12,17H2,2H3. The van der Waals surface area contributed by atoms with Gasteiger partial charge in [0.1, 0.15) is 0 Å². The highest BCUT2D eigenvalue weighted by Gasteiger charge is 2.32. The van der Waals surface area contributed by atoms with Crippen LogP contribution in [0.4, 0.5) is 0 Å². The lowest BCUT2D eigenvalue weighted by atomic mass is 9.94. The van der Waals surface area contributed by atoms with Crippen LogP contribution in [0.2, 0.25) is 0 Å². The monoisotopic (exact) mass is 422 g/mol. The molecule has 1 fully saturated rings. The molecule has 0 unspecified atom stereocenters. The van der Waals surface area contributed by atoms with Gasteiger partial charge >= 0.3 is 0 Å². The Morgan fingerprint density at radius 1 is 1.09 bits per heavy atom. The van der Waals surface area contributed by atoms with Gasteiger partial charge in [-0.1, -0.05) is 18.7 Å². The summed E-state index contributed by atoms with van der Waals surface area (Å²) >= 11 is 0. The van der Waals surface area contributed by atoms with E-state index in [1.807, 2.05) is 43.7 Å². The number of benzene rings is 1. The molecule has 5 heteroatoms. The van der Waals surface area contributed by atoms with Gasteiger partial charge in [-0.05, 0) is 68.2 Å². The molecule has 1 saturated heterocycles. The first-order valence-corrected chi connectivity index (χ1v) is 11.3. The van der Waals surface area contributed by atoms with Gasteiger partial charge in [0.2, 0.25) is 0 Å². The van der Waals surface area contributed by atoms with Gasteiger partial charge in [-0.15, -0.1) is 0 Å². The van der Waals surface area contributed by atoms with Crippen LogP contribution in [0.5, 0.6) is 0 Å². The van der Waals surface area contributed by atoms with E-state index in [1.54, 1.807) is 10.6 Å². The van der Waals surface area contributed by atoms with Crippen LogP contribution in [-0.4, -0.2) is 32.1 Å². The minimum Gasteiger partial charge on any atom is -0.320 e. The molecule has 0 radical (unpaired) electrons. The fraction of sp³-hybridized carbons (Fsp3) is 0.259. The van der Waals surface area contributed by atoms with E-state index in [0.717, 1.165) is 34.6 Å². The molecule has 0 N–H and O–H groups in total. The van der Waals surface area contributed by atoms with Gasteiger partial charge in [-0.2, -0.15) is 0 Å². The van der Waals surface area contributed by atoms with Crippen LogP contribution in [0.15, 0.2) is 66.2 Å². The number of piperidine rings is 1. The Bertz CT molecular complexity index is 1400. The second-order valence-corrected chi connectivity index (χ2v) is 9.01. The van der Waals surface area contributed by atoms with E-state index in [2.05, 4.69) is 39.2 Å². The van der Waals surface area contributed by atoms with Gasteiger partial charge in [0.15, 0.2) is 0 Å². The highest BCUT2D eigenvalue weighted by atomic mass is 16.1. The van der Waals surface area contributed by atoms with E-state index in [9.17, 15) is 4.79 Å². The Morgan fingerprint density at radius 3 is 2.66 bits per heavy atom. The molecule has 0 amide bonds. The Kier molecular flexibility index (Phi) is 4.40. The number of aryl methyl sites for hydroxylation is 1. The zero-order valence-corrected chi connectivity index (χ0v) is 18.3. The second kappa shape index (κ2) is 7.31. The van der Waals surface area contributed by atoms with E-state index in [-0.39, 0.29) is 5.56 Å². The van der Waals surface area contributed by atoms with Crippen LogP contribution < -0.4 is 5.56 Å². The van der Waals surface area contributed by atoms with Gasteiger partial charge < -0.3 is 4.57 Å². The third-order valence-electron chi connectivity index (χ3n) is 7.08. The molecule has 32 heavy (non-hydrogen) atoms. The van der Waals surface area contributed by atoms with E-state index in [4.69, 9.17) is 0 Å². The molecule has 3 aromatic heterocycles. The third-order valence-corrected chi connectivity index (χ3v) is 7.08. The highest BCUT2D eigenvalue weighted by molar-refractivity contribution is 5.89. The van der Waals surface area contributed by atoms with E-state index in [0.29, 0.717) is 5.92 Å². The predicted octanol–water partition coefficient (Wildman–Crippen LogP) is 4.96. The number of aromatic nitrogens is 3. The normalized spacial score (nSPS) is 19.7. The number of rotatable bonds is 3. The number of nitrogens with zero attached hydrogens (tertiary/aromatic N) is 4. The molecule has 0 aliphatic carbocycles. The lowest BCUT2D eigenvalue weighted by Crippen LogP contribution is -2.29. The molecule has 0 atom stereocenters. The Labute approximate surface area is 187 Å². The van der Waals surface area contributed by atoms with Crippen molar-refractivity contribution in [1.29, 1.82) is 0 Å². The Balaban J connectivity index is 1.46. The summed E-state index contributed by atoms with van der Waals surface area (Å²) in [6.45, 7) is 9.47. The largest absolute Gasteiger partial charge is 0.320 e. The van der Waals surface area contributed by atoms with E-state index < -0.39 is 0 Å². The van der Waals surface area contributed by atoms with Crippen LogP contribution in [-0.2, 0) is 6.54 Å². The fourth-order valence-electron chi connectivity index (χ4n) is 5.42. The van der Waals surface area contributed by atoms with Gasteiger partial charge in [0.25, 0.3) is 5.56 Å². The summed E-state index contributed by atoms with van der Waals surface area (Å²) in [5.74, 6) is 0.585. The van der Waals surface area contributed by atoms with Crippen molar-refractivity contribution < 1.29 is 0 Å². The van der Waals surface area contributed by atoms with Crippen LogP contribution >= 0.6 is 0 Å². The smallest absolute Gasteiger partial charge is 0.255 e. The minimum atomic E-state index is -0.0623. The lowest BCUT2D eigenvalue weighted by molar-refractivity contribution is 0.220. The molecule has 4 aromatic rings. The predicted molar refractivity (Wildman–Crippen MR) is 129 cm³/mol. The van der Waals surface area contributed by atoms with Crippen molar-refractivity contribution in [3.05, 3.63) is 88.6 Å². The summed E-state index contributed by atoms with van der Waals surface area (Å²) in [4.78, 5) is 20.0. The van der Waals surface area contributed by atoms with Gasteiger partial charge in [0, 0.05) is 53.8 Å². The number of pyridine rings is 2. The molecule has 6 heterocycles. The average Bonchev–Trinajstić information content (AvgIpc) is 2.91. The number of hydrogen-bond acceptors (Lipinski definition) is 3. The Hall–Kier alpha value is -3.44. The number of fused-ring (bicyclic) bond motifs is 3. The van der Waals surface area contributed by atoms with Gasteiger partial charge in [0.05, 0.1) is 16.9 Å². The fourth-order valence-corrected chi connectivity index (χ4v) is 5.42. The molecule has 0 saturated carbocycles. The molecule has 3 aliphatic heterocycles. The molecule has 3 aliphatic rings. The average molecular weight is 423 g/mol. The molecule has 1 aromatic carbocycles. The molecular weight excluding hydrogens is 396 g/mol. The summed E-state index contributed by atoms with van der Waals surface area (Å²) < 4.78 is 3.97. The summed E-state index contributed by atoms with van der Waals surface area (Å²) in [6.07, 6.45) is 8.02. The molecular formula is C27H26N4O. The summed E-state index contributed by atoms with van der Waals surface area (Å²) in [5, 5.41) is 1.27. The molecule has 160 valence electrons. The maximum Gasteiger partial charge on any atom is 0.255 e. The van der Waals surface area contributed by atoms with Crippen molar-refractivity contribution >= 4 is 17.1 Å². The van der Waals surface area contributed by atoms with Gasteiger partial charge in [-0.25, -0.2) is 0 Å². The third kappa shape index (κ3) is 2.96. The van der Waals surface area contributed by atoms with Crippen LogP contribution in [0.1, 0.15) is 35.6 Å². The van der Waals surface area contributed by atoms with Crippen molar-refractivity contribution in [2.24, 2.45) is 0 Å². The van der Waals surface area contributed by atoms with Crippen molar-refractivity contribution in [3.8, 4) is 16.9 Å². The van der Waals surface area contributed by atoms with Crippen molar-refractivity contribution in [1.82, 2.24) is 19.0 Å². The first-order chi connectivity index (χ1) is 15.6. The maximum absolute atomic E-state index is 13.0. The maximum atomic E-state index is 13.0. The SMILES string of the molecule is C=Cn1c2c(c3ccc(-n4ccc(-c5ccc(C)cn5)cc4=O)cc31)CN1CCC2CC1. The molecule has 2 bridgehead atoms. The molecule has 0 spiro atoms. The van der Waals surface area contributed by atoms with Crippen LogP contribution in [0.3, 0.4) is 0 Å².